The minimum Gasteiger partial charge on any atom is -0.494 e. The number of hydrogen-bond acceptors (Lipinski definition) is 4. The number of carboxylic acid groups (broad SMARTS) is 1. The Bertz CT molecular complexity index is 885. The van der Waals surface area contributed by atoms with Gasteiger partial charge in [0.25, 0.3) is 0 Å². The summed E-state index contributed by atoms with van der Waals surface area (Å²) in [6.07, 6.45) is 0.0255. The normalized spacial score (nSPS) is 17.1. The van der Waals surface area contributed by atoms with Gasteiger partial charge in [0, 0.05) is 33.0 Å². The van der Waals surface area contributed by atoms with Crippen molar-refractivity contribution in [2.75, 3.05) is 20.2 Å². The first-order valence-electron chi connectivity index (χ1n) is 11.0. The lowest BCUT2D eigenvalue weighted by Crippen LogP contribution is -2.31. The molecule has 1 N–H and O–H groups in total. The van der Waals surface area contributed by atoms with Crippen LogP contribution in [0.3, 0.4) is 0 Å². The number of urea groups is 1. The first-order valence-corrected chi connectivity index (χ1v) is 11.0. The number of nitrogens with zero attached hydrogens (tertiary/aromatic N) is 2. The number of hydrogen-bond donors (Lipinski definition) is 1. The Morgan fingerprint density at radius 1 is 1.09 bits per heavy atom. The molecule has 2 atom stereocenters. The highest BCUT2D eigenvalue weighted by atomic mass is 16.5. The average Bonchev–Trinajstić information content (AvgIpc) is 3.03. The molecule has 0 saturated carbocycles. The number of carbonyl (C=O) groups is 2. The van der Waals surface area contributed by atoms with Crippen LogP contribution in [0.2, 0.25) is 0 Å². The Kier molecular flexibility index (Phi) is 8.11. The van der Waals surface area contributed by atoms with Gasteiger partial charge in [0.15, 0.2) is 6.10 Å². The molecule has 172 valence electrons. The van der Waals surface area contributed by atoms with Gasteiger partial charge in [-0.3, -0.25) is 0 Å². The Morgan fingerprint density at radius 3 is 2.41 bits per heavy atom. The van der Waals surface area contributed by atoms with Crippen molar-refractivity contribution in [1.29, 1.82) is 0 Å². The van der Waals surface area contributed by atoms with Gasteiger partial charge in [-0.05, 0) is 37.1 Å². The van der Waals surface area contributed by atoms with E-state index in [-0.39, 0.29) is 18.2 Å². The molecular formula is C25H32N2O5. The summed E-state index contributed by atoms with van der Waals surface area (Å²) in [4.78, 5) is 27.6. The van der Waals surface area contributed by atoms with Gasteiger partial charge in [-0.1, -0.05) is 42.5 Å². The van der Waals surface area contributed by atoms with Crippen molar-refractivity contribution in [2.24, 2.45) is 0 Å². The zero-order valence-corrected chi connectivity index (χ0v) is 18.9. The third-order valence-electron chi connectivity index (χ3n) is 5.54. The van der Waals surface area contributed by atoms with Gasteiger partial charge in [0.2, 0.25) is 0 Å². The number of rotatable bonds is 11. The molecule has 32 heavy (non-hydrogen) atoms. The van der Waals surface area contributed by atoms with Gasteiger partial charge in [-0.25, -0.2) is 9.59 Å². The van der Waals surface area contributed by atoms with Crippen LogP contribution in [-0.4, -0.2) is 65.4 Å². The predicted octanol–water partition coefficient (Wildman–Crippen LogP) is 3.81. The third-order valence-corrected chi connectivity index (χ3v) is 5.54. The highest BCUT2D eigenvalue weighted by Crippen LogP contribution is 2.21. The lowest BCUT2D eigenvalue weighted by molar-refractivity contribution is -0.153. The van der Waals surface area contributed by atoms with E-state index in [1.165, 1.54) is 0 Å². The topological polar surface area (TPSA) is 79.3 Å². The van der Waals surface area contributed by atoms with Crippen molar-refractivity contribution < 1.29 is 24.2 Å². The van der Waals surface area contributed by atoms with Crippen LogP contribution in [0.15, 0.2) is 54.6 Å². The van der Waals surface area contributed by atoms with Crippen molar-refractivity contribution in [3.63, 3.8) is 0 Å². The summed E-state index contributed by atoms with van der Waals surface area (Å²) in [6.45, 7) is 5.43. The van der Waals surface area contributed by atoms with Crippen LogP contribution in [0.25, 0.3) is 0 Å². The molecule has 1 heterocycles. The molecule has 1 fully saturated rings. The lowest BCUT2D eigenvalue weighted by atomic mass is 10.1. The van der Waals surface area contributed by atoms with E-state index in [4.69, 9.17) is 9.47 Å². The predicted molar refractivity (Wildman–Crippen MR) is 122 cm³/mol. The second-order valence-corrected chi connectivity index (χ2v) is 8.41. The Labute approximate surface area is 189 Å². The molecule has 0 aromatic heterocycles. The molecule has 2 amide bonds. The van der Waals surface area contributed by atoms with Gasteiger partial charge in [-0.15, -0.1) is 0 Å². The van der Waals surface area contributed by atoms with E-state index in [1.54, 1.807) is 4.90 Å². The number of amides is 2. The Morgan fingerprint density at radius 2 is 1.78 bits per heavy atom. The number of aliphatic carboxylic acids is 1. The number of carbonyl (C=O) groups excluding carboxylic acids is 1. The first kappa shape index (κ1) is 23.6. The zero-order valence-electron chi connectivity index (χ0n) is 18.9. The fourth-order valence-corrected chi connectivity index (χ4v) is 3.83. The summed E-state index contributed by atoms with van der Waals surface area (Å²) in [5.74, 6) is -0.242. The van der Waals surface area contributed by atoms with Crippen LogP contribution in [0, 0.1) is 0 Å². The zero-order chi connectivity index (χ0) is 23.1. The van der Waals surface area contributed by atoms with Crippen LogP contribution in [-0.2, 0) is 22.5 Å². The van der Waals surface area contributed by atoms with Gasteiger partial charge in [0.05, 0.1) is 18.8 Å². The highest BCUT2D eigenvalue weighted by Gasteiger charge is 2.34. The minimum absolute atomic E-state index is 0.0415. The van der Waals surface area contributed by atoms with E-state index >= 15 is 0 Å². The molecule has 0 bridgehead atoms. The molecule has 7 nitrogen and oxygen atoms in total. The fourth-order valence-electron chi connectivity index (χ4n) is 3.83. The molecule has 2 aromatic carbocycles. The molecule has 0 unspecified atom stereocenters. The summed E-state index contributed by atoms with van der Waals surface area (Å²) in [6, 6.07) is 17.5. The lowest BCUT2D eigenvalue weighted by Gasteiger charge is -2.18. The highest BCUT2D eigenvalue weighted by molar-refractivity contribution is 5.76. The molecule has 7 heteroatoms. The molecular weight excluding hydrogens is 408 g/mol. The van der Waals surface area contributed by atoms with Crippen LogP contribution in [0.1, 0.15) is 31.4 Å². The van der Waals surface area contributed by atoms with Crippen LogP contribution >= 0.6 is 0 Å². The molecule has 2 aromatic rings. The van der Waals surface area contributed by atoms with Crippen molar-refractivity contribution in [3.05, 3.63) is 65.7 Å². The van der Waals surface area contributed by atoms with Crippen LogP contribution in [0.4, 0.5) is 4.79 Å². The monoisotopic (exact) mass is 440 g/mol. The van der Waals surface area contributed by atoms with Crippen molar-refractivity contribution in [3.8, 4) is 5.75 Å². The van der Waals surface area contributed by atoms with E-state index in [1.807, 2.05) is 80.4 Å². The summed E-state index contributed by atoms with van der Waals surface area (Å²) in [5.41, 5.74) is 2.00. The van der Waals surface area contributed by atoms with E-state index in [9.17, 15) is 14.7 Å². The average molecular weight is 441 g/mol. The second-order valence-electron chi connectivity index (χ2n) is 8.41. The van der Waals surface area contributed by atoms with E-state index in [0.717, 1.165) is 23.3 Å². The molecule has 1 aliphatic heterocycles. The van der Waals surface area contributed by atoms with E-state index in [0.29, 0.717) is 26.1 Å². The Balaban J connectivity index is 1.46. The number of ether oxygens (including phenoxy) is 2. The standard InChI is InChI=1S/C25H32N2O5/c1-18(2)32-23(24(28)29)15-19-9-11-22(12-10-19)31-14-13-21-17-27(25(30)26(21)3)16-20-7-5-4-6-8-20/h4-12,18,21,23H,13-17H2,1-3H3,(H,28,29)/t21-,23-/m0/s1. The molecule has 1 aliphatic rings. The second kappa shape index (κ2) is 11.0. The van der Waals surface area contributed by atoms with Gasteiger partial charge in [-0.2, -0.15) is 0 Å². The van der Waals surface area contributed by atoms with Crippen molar-refractivity contribution in [1.82, 2.24) is 9.80 Å². The third kappa shape index (κ3) is 6.47. The molecule has 0 radical (unpaired) electrons. The molecule has 0 spiro atoms. The largest absolute Gasteiger partial charge is 0.494 e. The number of benzene rings is 2. The maximum absolute atomic E-state index is 12.6. The van der Waals surface area contributed by atoms with Crippen molar-refractivity contribution >= 4 is 12.0 Å². The summed E-state index contributed by atoms with van der Waals surface area (Å²) in [5, 5.41) is 9.32. The molecule has 0 aliphatic carbocycles. The number of carboxylic acids is 1. The smallest absolute Gasteiger partial charge is 0.333 e. The molecule has 1 saturated heterocycles. The summed E-state index contributed by atoms with van der Waals surface area (Å²) in [7, 11) is 1.84. The first-order chi connectivity index (χ1) is 15.3. The summed E-state index contributed by atoms with van der Waals surface area (Å²) >= 11 is 0. The maximum Gasteiger partial charge on any atom is 0.333 e. The minimum atomic E-state index is -0.962. The van der Waals surface area contributed by atoms with Crippen LogP contribution < -0.4 is 4.74 Å². The van der Waals surface area contributed by atoms with Gasteiger partial charge in [0.1, 0.15) is 5.75 Å². The maximum atomic E-state index is 12.6. The van der Waals surface area contributed by atoms with E-state index in [2.05, 4.69) is 0 Å². The van der Waals surface area contributed by atoms with Gasteiger partial charge >= 0.3 is 12.0 Å². The quantitative estimate of drug-likeness (QED) is 0.575. The Hall–Kier alpha value is -3.06. The van der Waals surface area contributed by atoms with E-state index < -0.39 is 12.1 Å². The number of likely N-dealkylation sites (N-methyl/N-ethyl adjacent to an activating group) is 1. The van der Waals surface area contributed by atoms with Crippen LogP contribution in [0.5, 0.6) is 5.75 Å². The fraction of sp³-hybridized carbons (Fsp3) is 0.440. The molecule has 3 rings (SSSR count). The van der Waals surface area contributed by atoms with Crippen molar-refractivity contribution in [2.45, 2.75) is 51.5 Å². The SMILES string of the molecule is CC(C)O[C@@H](Cc1ccc(OCC[C@H]2CN(Cc3ccccc3)C(=O)N2C)cc1)C(=O)O. The summed E-state index contributed by atoms with van der Waals surface area (Å²) < 4.78 is 11.3. The van der Waals surface area contributed by atoms with Gasteiger partial charge < -0.3 is 24.4 Å².